The van der Waals surface area contributed by atoms with Gasteiger partial charge >= 0.3 is 0 Å². The van der Waals surface area contributed by atoms with Crippen molar-refractivity contribution in [2.45, 2.75) is 11.3 Å². The predicted molar refractivity (Wildman–Crippen MR) is 101 cm³/mol. The van der Waals surface area contributed by atoms with Gasteiger partial charge in [0, 0.05) is 24.7 Å². The number of hydrogen-bond acceptors (Lipinski definition) is 3. The second-order valence-corrected chi connectivity index (χ2v) is 8.02. The van der Waals surface area contributed by atoms with E-state index in [2.05, 4.69) is 0 Å². The summed E-state index contributed by atoms with van der Waals surface area (Å²) in [5.41, 5.74) is 1.78. The molecule has 27 heavy (non-hydrogen) atoms. The Morgan fingerprint density at radius 1 is 1.15 bits per heavy atom. The first-order valence-corrected chi connectivity index (χ1v) is 9.86. The second-order valence-electron chi connectivity index (χ2n) is 6.05. The summed E-state index contributed by atoms with van der Waals surface area (Å²) in [6.45, 7) is 0. The van der Waals surface area contributed by atoms with E-state index in [-0.39, 0.29) is 17.1 Å². The maximum atomic E-state index is 14.3. The van der Waals surface area contributed by atoms with Crippen LogP contribution in [0.4, 0.5) is 4.39 Å². The van der Waals surface area contributed by atoms with Crippen LogP contribution < -0.4 is 5.14 Å². The molecular weight excluding hydrogens is 391 g/mol. The van der Waals surface area contributed by atoms with Crippen molar-refractivity contribution in [2.24, 2.45) is 12.2 Å². The van der Waals surface area contributed by atoms with Crippen LogP contribution in [-0.2, 0) is 23.5 Å². The van der Waals surface area contributed by atoms with E-state index in [9.17, 15) is 17.6 Å². The van der Waals surface area contributed by atoms with Gasteiger partial charge < -0.3 is 4.57 Å². The van der Waals surface area contributed by atoms with Crippen molar-refractivity contribution in [1.29, 1.82) is 0 Å². The van der Waals surface area contributed by atoms with Gasteiger partial charge in [0.25, 0.3) is 0 Å². The molecule has 0 bridgehead atoms. The fourth-order valence-electron chi connectivity index (χ4n) is 2.79. The van der Waals surface area contributed by atoms with E-state index in [1.807, 2.05) is 0 Å². The molecule has 1 aromatic heterocycles. The van der Waals surface area contributed by atoms with Gasteiger partial charge in [0.05, 0.1) is 15.6 Å². The van der Waals surface area contributed by atoms with Crippen LogP contribution in [-0.4, -0.2) is 18.8 Å². The molecule has 8 heteroatoms. The monoisotopic (exact) mass is 406 g/mol. The molecule has 140 valence electrons. The number of nitrogens with zero attached hydrogens (tertiary/aromatic N) is 1. The predicted octanol–water partition coefficient (Wildman–Crippen LogP) is 3.29. The van der Waals surface area contributed by atoms with Crippen LogP contribution in [0.15, 0.2) is 59.5 Å². The number of aromatic nitrogens is 1. The lowest BCUT2D eigenvalue weighted by Gasteiger charge is -2.09. The molecule has 5 nitrogen and oxygen atoms in total. The van der Waals surface area contributed by atoms with E-state index < -0.39 is 15.8 Å². The molecule has 0 unspecified atom stereocenters. The van der Waals surface area contributed by atoms with Gasteiger partial charge in [0.1, 0.15) is 5.82 Å². The van der Waals surface area contributed by atoms with Gasteiger partial charge in [-0.3, -0.25) is 4.79 Å². The zero-order chi connectivity index (χ0) is 19.8. The minimum Gasteiger partial charge on any atom is -0.345 e. The fraction of sp³-hybridized carbons (Fsp3) is 0.105. The number of ketones is 1. The molecule has 0 atom stereocenters. The van der Waals surface area contributed by atoms with Gasteiger partial charge in [-0.2, -0.15) is 0 Å². The lowest BCUT2D eigenvalue weighted by atomic mass is 10.1. The van der Waals surface area contributed by atoms with Crippen molar-refractivity contribution in [2.75, 3.05) is 0 Å². The minimum absolute atomic E-state index is 0.184. The number of hydrogen-bond donors (Lipinski definition) is 1. The number of rotatable bonds is 5. The molecule has 2 N–H and O–H groups in total. The molecule has 0 saturated carbocycles. The standard InChI is InChI=1S/C19H16ClFN2O3S/c1-23-13(10-12-6-8-14(11-17(12)21)27(22,25)26)7-9-18(23)19(24)15-4-2-3-5-16(15)20/h2-9,11H,10H2,1H3,(H2,22,25,26). The van der Waals surface area contributed by atoms with E-state index in [0.717, 1.165) is 6.07 Å². The van der Waals surface area contributed by atoms with Gasteiger partial charge in [-0.1, -0.05) is 29.8 Å². The highest BCUT2D eigenvalue weighted by Gasteiger charge is 2.18. The SMILES string of the molecule is Cn1c(Cc2ccc(S(N)(=O)=O)cc2F)ccc1C(=O)c1ccccc1Cl. The Bertz CT molecular complexity index is 1140. The van der Waals surface area contributed by atoms with Gasteiger partial charge in [0.2, 0.25) is 15.8 Å². The number of primary sulfonamides is 1. The molecule has 3 rings (SSSR count). The smallest absolute Gasteiger partial charge is 0.238 e. The summed E-state index contributed by atoms with van der Waals surface area (Å²) in [5, 5.41) is 5.37. The molecule has 0 amide bonds. The molecule has 0 spiro atoms. The zero-order valence-electron chi connectivity index (χ0n) is 14.3. The number of nitrogens with two attached hydrogens (primary N) is 1. The summed E-state index contributed by atoms with van der Waals surface area (Å²) in [7, 11) is -2.26. The van der Waals surface area contributed by atoms with Crippen molar-refractivity contribution in [3.8, 4) is 0 Å². The molecule has 0 radical (unpaired) electrons. The molecule has 3 aromatic rings. The van der Waals surface area contributed by atoms with Gasteiger partial charge in [0.15, 0.2) is 0 Å². The summed E-state index contributed by atoms with van der Waals surface area (Å²) in [4.78, 5) is 12.4. The lowest BCUT2D eigenvalue weighted by Crippen LogP contribution is -2.13. The van der Waals surface area contributed by atoms with Crippen molar-refractivity contribution in [3.63, 3.8) is 0 Å². The van der Waals surface area contributed by atoms with Crippen molar-refractivity contribution in [1.82, 2.24) is 4.57 Å². The number of carbonyl (C=O) groups excluding carboxylic acids is 1. The van der Waals surface area contributed by atoms with Gasteiger partial charge in [-0.05, 0) is 42.0 Å². The summed E-state index contributed by atoms with van der Waals surface area (Å²) < 4.78 is 38.5. The Morgan fingerprint density at radius 3 is 2.48 bits per heavy atom. The molecule has 0 saturated heterocycles. The Morgan fingerprint density at radius 2 is 1.85 bits per heavy atom. The van der Waals surface area contributed by atoms with E-state index in [1.165, 1.54) is 12.1 Å². The summed E-state index contributed by atoms with van der Waals surface area (Å²) in [6, 6.07) is 13.6. The Kier molecular flexibility index (Phi) is 5.19. The van der Waals surface area contributed by atoms with Crippen molar-refractivity contribution >= 4 is 27.4 Å². The third-order valence-corrected chi connectivity index (χ3v) is 5.54. The largest absolute Gasteiger partial charge is 0.345 e. The number of sulfonamides is 1. The van der Waals surface area contributed by atoms with Crippen LogP contribution in [0.5, 0.6) is 0 Å². The van der Waals surface area contributed by atoms with E-state index in [1.54, 1.807) is 48.0 Å². The van der Waals surface area contributed by atoms with Crippen LogP contribution in [0.25, 0.3) is 0 Å². The van der Waals surface area contributed by atoms with Crippen LogP contribution >= 0.6 is 11.6 Å². The van der Waals surface area contributed by atoms with Crippen molar-refractivity contribution < 1.29 is 17.6 Å². The number of benzene rings is 2. The van der Waals surface area contributed by atoms with Gasteiger partial charge in [-0.25, -0.2) is 17.9 Å². The molecule has 2 aromatic carbocycles. The van der Waals surface area contributed by atoms with E-state index in [4.69, 9.17) is 16.7 Å². The third kappa shape index (κ3) is 3.95. The van der Waals surface area contributed by atoms with Crippen LogP contribution in [0.2, 0.25) is 5.02 Å². The first-order valence-electron chi connectivity index (χ1n) is 7.93. The lowest BCUT2D eigenvalue weighted by molar-refractivity contribution is 0.103. The fourth-order valence-corrected chi connectivity index (χ4v) is 3.53. The molecular formula is C19H16ClFN2O3S. The average molecular weight is 407 g/mol. The average Bonchev–Trinajstić information content (AvgIpc) is 2.96. The quantitative estimate of drug-likeness (QED) is 0.660. The first kappa shape index (κ1) is 19.3. The topological polar surface area (TPSA) is 82.2 Å². The third-order valence-electron chi connectivity index (χ3n) is 4.30. The normalized spacial score (nSPS) is 11.6. The van der Waals surface area contributed by atoms with E-state index >= 15 is 0 Å². The highest BCUT2D eigenvalue weighted by Crippen LogP contribution is 2.22. The molecule has 0 aliphatic carbocycles. The number of carbonyl (C=O) groups is 1. The molecule has 0 aliphatic heterocycles. The molecule has 1 heterocycles. The van der Waals surface area contributed by atoms with Gasteiger partial charge in [-0.15, -0.1) is 0 Å². The zero-order valence-corrected chi connectivity index (χ0v) is 15.9. The summed E-state index contributed by atoms with van der Waals surface area (Å²) >= 11 is 6.09. The summed E-state index contributed by atoms with van der Waals surface area (Å²) in [6.07, 6.45) is 0.184. The molecule has 0 aliphatic rings. The Balaban J connectivity index is 1.91. The Labute approximate surface area is 161 Å². The van der Waals surface area contributed by atoms with Crippen molar-refractivity contribution in [3.05, 3.63) is 88.0 Å². The van der Waals surface area contributed by atoms with Crippen LogP contribution in [0.3, 0.4) is 0 Å². The number of halogens is 2. The van der Waals surface area contributed by atoms with Crippen LogP contribution in [0, 0.1) is 5.82 Å². The summed E-state index contributed by atoms with van der Waals surface area (Å²) in [5.74, 6) is -0.916. The maximum Gasteiger partial charge on any atom is 0.238 e. The highest BCUT2D eigenvalue weighted by atomic mass is 35.5. The minimum atomic E-state index is -3.97. The van der Waals surface area contributed by atoms with E-state index in [0.29, 0.717) is 27.5 Å². The first-order chi connectivity index (χ1) is 12.7. The molecule has 0 fully saturated rings. The second kappa shape index (κ2) is 7.26. The van der Waals surface area contributed by atoms with Crippen LogP contribution in [0.1, 0.15) is 27.3 Å². The highest BCUT2D eigenvalue weighted by molar-refractivity contribution is 7.89. The maximum absolute atomic E-state index is 14.3. The Hall–Kier alpha value is -2.48.